The fraction of sp³-hybridized carbons (Fsp3) is 0.308. The number of allylic oxidation sites excluding steroid dienone is 1. The zero-order valence-electron chi connectivity index (χ0n) is 19.8. The minimum absolute atomic E-state index is 0.0325. The molecule has 2 unspecified atom stereocenters. The van der Waals surface area contributed by atoms with E-state index >= 15 is 0 Å². The maximum atomic E-state index is 12.9. The van der Waals surface area contributed by atoms with Gasteiger partial charge in [0.2, 0.25) is 11.8 Å². The van der Waals surface area contributed by atoms with Gasteiger partial charge in [0.25, 0.3) is 0 Å². The van der Waals surface area contributed by atoms with E-state index in [1.54, 1.807) is 24.3 Å². The topological polar surface area (TPSA) is 118 Å². The van der Waals surface area contributed by atoms with Crippen LogP contribution in [0.3, 0.4) is 0 Å². The number of thioether (sulfide) groups is 1. The van der Waals surface area contributed by atoms with Crippen molar-refractivity contribution in [1.82, 2.24) is 5.32 Å². The number of nitrogens with one attached hydrogen (secondary N) is 2. The van der Waals surface area contributed by atoms with Crippen molar-refractivity contribution in [2.45, 2.75) is 26.2 Å². The van der Waals surface area contributed by atoms with E-state index in [0.717, 1.165) is 23.7 Å². The Balaban J connectivity index is 1.85. The normalized spacial score (nSPS) is 17.3. The van der Waals surface area contributed by atoms with Crippen LogP contribution < -0.4 is 15.4 Å². The molecule has 0 radical (unpaired) electrons. The van der Waals surface area contributed by atoms with Gasteiger partial charge in [-0.1, -0.05) is 43.0 Å². The summed E-state index contributed by atoms with van der Waals surface area (Å²) in [7, 11) is 1.20. The molecule has 35 heavy (non-hydrogen) atoms. The van der Waals surface area contributed by atoms with E-state index < -0.39 is 23.7 Å². The van der Waals surface area contributed by atoms with E-state index in [1.807, 2.05) is 31.2 Å². The van der Waals surface area contributed by atoms with Gasteiger partial charge >= 0.3 is 5.97 Å². The summed E-state index contributed by atoms with van der Waals surface area (Å²) >= 11 is 1.04. The number of nitriles is 1. The molecule has 2 N–H and O–H groups in total. The third kappa shape index (κ3) is 6.22. The number of carbonyl (C=O) groups excluding carboxylic acids is 3. The summed E-state index contributed by atoms with van der Waals surface area (Å²) < 4.78 is 10.3. The first kappa shape index (κ1) is 25.8. The average molecular weight is 494 g/mol. The number of methoxy groups -OCH3 is 1. The molecule has 2 aromatic rings. The summed E-state index contributed by atoms with van der Waals surface area (Å²) in [6, 6.07) is 16.5. The number of esters is 1. The van der Waals surface area contributed by atoms with Crippen molar-refractivity contribution in [3.05, 3.63) is 70.3 Å². The first-order valence-electron chi connectivity index (χ1n) is 11.2. The number of aryl methyl sites for hydroxylation is 1. The van der Waals surface area contributed by atoms with Gasteiger partial charge in [-0.2, -0.15) is 5.26 Å². The molecule has 2 aromatic carbocycles. The second-order valence-corrected chi connectivity index (χ2v) is 8.70. The SMILES string of the molecule is CCOc1ccc(C2C(C#N)=C(SCC(=O)Nc3ccc(CC)cc3)NC(=O)C2C(=O)OC)cc1. The van der Waals surface area contributed by atoms with Crippen LogP contribution in [0.5, 0.6) is 5.75 Å². The van der Waals surface area contributed by atoms with Crippen molar-refractivity contribution in [1.29, 1.82) is 5.26 Å². The molecule has 0 saturated heterocycles. The number of anilines is 1. The van der Waals surface area contributed by atoms with E-state index in [4.69, 9.17) is 9.47 Å². The van der Waals surface area contributed by atoms with Gasteiger partial charge in [-0.3, -0.25) is 14.4 Å². The van der Waals surface area contributed by atoms with E-state index in [9.17, 15) is 19.6 Å². The van der Waals surface area contributed by atoms with Gasteiger partial charge < -0.3 is 20.1 Å². The van der Waals surface area contributed by atoms with Crippen molar-refractivity contribution < 1.29 is 23.9 Å². The van der Waals surface area contributed by atoms with Gasteiger partial charge in [0.15, 0.2) is 0 Å². The summed E-state index contributed by atoms with van der Waals surface area (Å²) in [4.78, 5) is 37.9. The molecule has 3 rings (SSSR count). The molecule has 0 spiro atoms. The van der Waals surface area contributed by atoms with Crippen molar-refractivity contribution in [3.8, 4) is 11.8 Å². The molecular weight excluding hydrogens is 466 g/mol. The number of benzene rings is 2. The molecule has 1 heterocycles. The van der Waals surface area contributed by atoms with Gasteiger partial charge in [-0.25, -0.2) is 0 Å². The van der Waals surface area contributed by atoms with Crippen LogP contribution in [0.1, 0.15) is 30.9 Å². The summed E-state index contributed by atoms with van der Waals surface area (Å²) in [6.07, 6.45) is 0.900. The van der Waals surface area contributed by atoms with Crippen molar-refractivity contribution in [3.63, 3.8) is 0 Å². The lowest BCUT2D eigenvalue weighted by molar-refractivity contribution is -0.150. The Hall–Kier alpha value is -3.77. The Morgan fingerprint density at radius 1 is 1.11 bits per heavy atom. The molecule has 1 aliphatic rings. The van der Waals surface area contributed by atoms with Crippen molar-refractivity contribution in [2.75, 3.05) is 24.8 Å². The monoisotopic (exact) mass is 493 g/mol. The van der Waals surface area contributed by atoms with Crippen LogP contribution in [0.2, 0.25) is 0 Å². The Kier molecular flexibility index (Phi) is 8.92. The lowest BCUT2D eigenvalue weighted by Crippen LogP contribution is -2.44. The Labute approximate surface area is 208 Å². The Morgan fingerprint density at radius 3 is 2.37 bits per heavy atom. The van der Waals surface area contributed by atoms with Crippen LogP contribution in [0.25, 0.3) is 0 Å². The highest BCUT2D eigenvalue weighted by molar-refractivity contribution is 8.03. The number of carbonyl (C=O) groups is 3. The molecule has 0 fully saturated rings. The van der Waals surface area contributed by atoms with Crippen molar-refractivity contribution in [2.24, 2.45) is 5.92 Å². The lowest BCUT2D eigenvalue weighted by atomic mass is 9.78. The number of rotatable bonds is 9. The Bertz CT molecular complexity index is 1150. The van der Waals surface area contributed by atoms with Crippen LogP contribution >= 0.6 is 11.8 Å². The minimum atomic E-state index is -1.23. The van der Waals surface area contributed by atoms with Gasteiger partial charge in [0.1, 0.15) is 11.7 Å². The van der Waals surface area contributed by atoms with Gasteiger partial charge in [0, 0.05) is 11.6 Å². The van der Waals surface area contributed by atoms with Crippen LogP contribution in [0.15, 0.2) is 59.1 Å². The number of nitrogens with zero attached hydrogens (tertiary/aromatic N) is 1. The number of hydrogen-bond donors (Lipinski definition) is 2. The van der Waals surface area contributed by atoms with Crippen LogP contribution in [0, 0.1) is 17.2 Å². The van der Waals surface area contributed by atoms with E-state index in [1.165, 1.54) is 7.11 Å². The predicted molar refractivity (Wildman–Crippen MR) is 134 cm³/mol. The molecule has 0 saturated carbocycles. The number of amides is 2. The Morgan fingerprint density at radius 2 is 1.80 bits per heavy atom. The van der Waals surface area contributed by atoms with Gasteiger partial charge in [-0.15, -0.1) is 0 Å². The fourth-order valence-electron chi connectivity index (χ4n) is 3.78. The highest BCUT2D eigenvalue weighted by atomic mass is 32.2. The second-order valence-electron chi connectivity index (χ2n) is 7.71. The number of ether oxygens (including phenoxy) is 2. The highest BCUT2D eigenvalue weighted by Gasteiger charge is 2.44. The van der Waals surface area contributed by atoms with Gasteiger partial charge in [0.05, 0.1) is 36.1 Å². The smallest absolute Gasteiger partial charge is 0.319 e. The van der Waals surface area contributed by atoms with Crippen LogP contribution in [-0.2, 0) is 25.5 Å². The molecule has 2 atom stereocenters. The first-order valence-corrected chi connectivity index (χ1v) is 12.2. The zero-order valence-corrected chi connectivity index (χ0v) is 20.6. The molecular formula is C26H27N3O5S. The molecule has 0 bridgehead atoms. The average Bonchev–Trinajstić information content (AvgIpc) is 2.87. The lowest BCUT2D eigenvalue weighted by Gasteiger charge is -2.31. The molecule has 1 aliphatic heterocycles. The van der Waals surface area contributed by atoms with E-state index in [2.05, 4.69) is 23.6 Å². The summed E-state index contributed by atoms with van der Waals surface area (Å²) in [5, 5.41) is 15.7. The van der Waals surface area contributed by atoms with Gasteiger partial charge in [-0.05, 0) is 48.7 Å². The quantitative estimate of drug-likeness (QED) is 0.403. The summed E-state index contributed by atoms with van der Waals surface area (Å²) in [5.74, 6) is -3.11. The predicted octanol–water partition coefficient (Wildman–Crippen LogP) is 3.76. The third-order valence-corrected chi connectivity index (χ3v) is 6.54. The molecule has 182 valence electrons. The van der Waals surface area contributed by atoms with E-state index in [-0.39, 0.29) is 22.3 Å². The van der Waals surface area contributed by atoms with Crippen LogP contribution in [0.4, 0.5) is 5.69 Å². The fourth-order valence-corrected chi connectivity index (χ4v) is 4.62. The van der Waals surface area contributed by atoms with E-state index in [0.29, 0.717) is 23.6 Å². The summed E-state index contributed by atoms with van der Waals surface area (Å²) in [6.45, 7) is 4.41. The summed E-state index contributed by atoms with van der Waals surface area (Å²) in [5.41, 5.74) is 2.60. The maximum absolute atomic E-state index is 12.9. The zero-order chi connectivity index (χ0) is 25.4. The third-order valence-electron chi connectivity index (χ3n) is 5.53. The van der Waals surface area contributed by atoms with Crippen LogP contribution in [-0.4, -0.2) is 37.3 Å². The molecule has 2 amide bonds. The molecule has 8 nitrogen and oxygen atoms in total. The maximum Gasteiger partial charge on any atom is 0.319 e. The number of hydrogen-bond acceptors (Lipinski definition) is 7. The highest BCUT2D eigenvalue weighted by Crippen LogP contribution is 2.40. The second kappa shape index (κ2) is 12.1. The largest absolute Gasteiger partial charge is 0.494 e. The molecule has 0 aliphatic carbocycles. The van der Waals surface area contributed by atoms with Crippen molar-refractivity contribution >= 4 is 35.2 Å². The standard InChI is InChI=1S/C26H27N3O5S/c1-4-16-6-10-18(11-7-16)28-21(30)15-35-25-20(14-27)22(23(24(31)29-25)26(32)33-3)17-8-12-19(13-9-17)34-5-2/h6-13,22-23H,4-5,15H2,1-3H3,(H,28,30)(H,29,31). The molecule has 0 aromatic heterocycles. The first-order chi connectivity index (χ1) is 16.9. The molecule has 9 heteroatoms. The minimum Gasteiger partial charge on any atom is -0.494 e.